The van der Waals surface area contributed by atoms with Gasteiger partial charge in [0.25, 0.3) is 0 Å². The molecule has 1 fully saturated rings. The number of aromatic nitrogens is 3. The Morgan fingerprint density at radius 2 is 1.88 bits per heavy atom. The van der Waals surface area contributed by atoms with Gasteiger partial charge in [-0.2, -0.15) is 23.1 Å². The number of pyridine rings is 1. The maximum Gasteiger partial charge on any atom is 0.433 e. The lowest BCUT2D eigenvalue weighted by molar-refractivity contribution is -0.141. The average Bonchev–Trinajstić information content (AvgIpc) is 2.62. The molecule has 2 aromatic heterocycles. The summed E-state index contributed by atoms with van der Waals surface area (Å²) in [7, 11) is 1.52. The molecule has 6 nitrogen and oxygen atoms in total. The Bertz CT molecular complexity index is 692. The Labute approximate surface area is 142 Å². The molecule has 1 atom stereocenters. The van der Waals surface area contributed by atoms with E-state index in [9.17, 15) is 13.2 Å². The van der Waals surface area contributed by atoms with E-state index in [4.69, 9.17) is 9.47 Å². The van der Waals surface area contributed by atoms with E-state index in [0.717, 1.165) is 25.5 Å². The zero-order chi connectivity index (χ0) is 17.9. The van der Waals surface area contributed by atoms with Gasteiger partial charge in [-0.1, -0.05) is 0 Å². The summed E-state index contributed by atoms with van der Waals surface area (Å²) in [6.45, 7) is 1.26. The van der Waals surface area contributed by atoms with Gasteiger partial charge in [-0.15, -0.1) is 0 Å². The lowest BCUT2D eigenvalue weighted by Crippen LogP contribution is -2.41. The normalized spacial score (nSPS) is 18.1. The van der Waals surface area contributed by atoms with E-state index in [1.165, 1.54) is 31.8 Å². The van der Waals surface area contributed by atoms with Crippen LogP contribution in [0.15, 0.2) is 30.7 Å². The van der Waals surface area contributed by atoms with Crippen molar-refractivity contribution < 1.29 is 22.6 Å². The van der Waals surface area contributed by atoms with Crippen LogP contribution in [-0.2, 0) is 6.18 Å². The molecule has 3 rings (SSSR count). The van der Waals surface area contributed by atoms with Crippen molar-refractivity contribution in [1.29, 1.82) is 0 Å². The smallest absolute Gasteiger partial charge is 0.433 e. The lowest BCUT2D eigenvalue weighted by Gasteiger charge is -2.33. The fourth-order valence-electron chi connectivity index (χ4n) is 2.63. The summed E-state index contributed by atoms with van der Waals surface area (Å²) in [6.07, 6.45) is 1.37. The number of hydrogen-bond acceptors (Lipinski definition) is 6. The van der Waals surface area contributed by atoms with E-state index in [1.54, 1.807) is 0 Å². The van der Waals surface area contributed by atoms with Crippen LogP contribution in [-0.4, -0.2) is 41.3 Å². The molecule has 25 heavy (non-hydrogen) atoms. The zero-order valence-corrected chi connectivity index (χ0v) is 13.5. The van der Waals surface area contributed by atoms with Crippen LogP contribution in [0.3, 0.4) is 0 Å². The highest BCUT2D eigenvalue weighted by Gasteiger charge is 2.32. The SMILES string of the molecule is COc1cnc(OC2CCCN(c3ccc(C(F)(F)F)nc3)C2)nc1. The molecular weight excluding hydrogens is 337 g/mol. The Kier molecular flexibility index (Phi) is 4.91. The largest absolute Gasteiger partial charge is 0.494 e. The molecule has 0 aliphatic carbocycles. The third-order valence-electron chi connectivity index (χ3n) is 3.89. The Morgan fingerprint density at radius 1 is 1.12 bits per heavy atom. The molecule has 1 unspecified atom stereocenters. The maximum atomic E-state index is 12.6. The predicted octanol–water partition coefficient (Wildman–Crippen LogP) is 2.95. The molecule has 0 amide bonds. The highest BCUT2D eigenvalue weighted by atomic mass is 19.4. The third kappa shape index (κ3) is 4.28. The highest BCUT2D eigenvalue weighted by molar-refractivity contribution is 5.45. The van der Waals surface area contributed by atoms with Gasteiger partial charge in [0.15, 0.2) is 5.75 Å². The first kappa shape index (κ1) is 17.2. The molecule has 0 radical (unpaired) electrons. The number of anilines is 1. The second kappa shape index (κ2) is 7.12. The van der Waals surface area contributed by atoms with Crippen LogP contribution in [0.1, 0.15) is 18.5 Å². The number of methoxy groups -OCH3 is 1. The molecule has 1 saturated heterocycles. The van der Waals surface area contributed by atoms with Crippen molar-refractivity contribution in [3.8, 4) is 11.8 Å². The maximum absolute atomic E-state index is 12.6. The average molecular weight is 354 g/mol. The van der Waals surface area contributed by atoms with Crippen LogP contribution in [0.25, 0.3) is 0 Å². The van der Waals surface area contributed by atoms with E-state index in [2.05, 4.69) is 15.0 Å². The summed E-state index contributed by atoms with van der Waals surface area (Å²) in [4.78, 5) is 13.6. The summed E-state index contributed by atoms with van der Waals surface area (Å²) in [5.74, 6) is 0.536. The molecule has 0 aromatic carbocycles. The van der Waals surface area contributed by atoms with Crippen LogP contribution in [0.5, 0.6) is 11.8 Å². The Hall–Kier alpha value is -2.58. The van der Waals surface area contributed by atoms with Crippen molar-refractivity contribution in [3.63, 3.8) is 0 Å². The Balaban J connectivity index is 1.64. The second-order valence-corrected chi connectivity index (χ2v) is 5.63. The van der Waals surface area contributed by atoms with Gasteiger partial charge in [0, 0.05) is 6.54 Å². The van der Waals surface area contributed by atoms with E-state index in [1.807, 2.05) is 4.90 Å². The van der Waals surface area contributed by atoms with Crippen molar-refractivity contribution >= 4 is 5.69 Å². The van der Waals surface area contributed by atoms with E-state index in [-0.39, 0.29) is 12.1 Å². The molecule has 0 bridgehead atoms. The minimum Gasteiger partial charge on any atom is -0.494 e. The van der Waals surface area contributed by atoms with Crippen molar-refractivity contribution in [2.24, 2.45) is 0 Å². The van der Waals surface area contributed by atoms with Crippen LogP contribution in [0, 0.1) is 0 Å². The van der Waals surface area contributed by atoms with Gasteiger partial charge in [0.1, 0.15) is 11.8 Å². The van der Waals surface area contributed by atoms with Gasteiger partial charge in [-0.25, -0.2) is 4.98 Å². The zero-order valence-electron chi connectivity index (χ0n) is 13.5. The van der Waals surface area contributed by atoms with Crippen LogP contribution < -0.4 is 14.4 Å². The quantitative estimate of drug-likeness (QED) is 0.841. The molecule has 3 heterocycles. The third-order valence-corrected chi connectivity index (χ3v) is 3.89. The van der Waals surface area contributed by atoms with Crippen molar-refractivity contribution in [2.75, 3.05) is 25.1 Å². The predicted molar refractivity (Wildman–Crippen MR) is 83.7 cm³/mol. The van der Waals surface area contributed by atoms with Gasteiger partial charge < -0.3 is 14.4 Å². The number of rotatable bonds is 4. The molecule has 0 saturated carbocycles. The van der Waals surface area contributed by atoms with Crippen molar-refractivity contribution in [1.82, 2.24) is 15.0 Å². The first-order chi connectivity index (χ1) is 12.0. The summed E-state index contributed by atoms with van der Waals surface area (Å²) < 4.78 is 48.6. The Morgan fingerprint density at radius 3 is 2.48 bits per heavy atom. The molecule has 0 N–H and O–H groups in total. The van der Waals surface area contributed by atoms with Gasteiger partial charge in [-0.05, 0) is 25.0 Å². The first-order valence-electron chi connectivity index (χ1n) is 7.76. The van der Waals surface area contributed by atoms with Gasteiger partial charge in [0.2, 0.25) is 0 Å². The van der Waals surface area contributed by atoms with E-state index in [0.29, 0.717) is 18.0 Å². The topological polar surface area (TPSA) is 60.4 Å². The fraction of sp³-hybridized carbons (Fsp3) is 0.438. The molecular formula is C16H17F3N4O2. The molecule has 2 aromatic rings. The van der Waals surface area contributed by atoms with Crippen LogP contribution >= 0.6 is 0 Å². The molecule has 1 aliphatic heterocycles. The van der Waals surface area contributed by atoms with E-state index < -0.39 is 11.9 Å². The standard InChI is InChI=1S/C16H17F3N4O2/c1-24-13-8-21-15(22-9-13)25-12-3-2-6-23(10-12)11-4-5-14(20-7-11)16(17,18)19/h4-5,7-9,12H,2-3,6,10H2,1H3. The van der Waals surface area contributed by atoms with Crippen molar-refractivity contribution in [3.05, 3.63) is 36.4 Å². The minimum atomic E-state index is -4.43. The summed E-state index contributed by atoms with van der Waals surface area (Å²) in [5, 5.41) is 0. The van der Waals surface area contributed by atoms with E-state index >= 15 is 0 Å². The van der Waals surface area contributed by atoms with Crippen molar-refractivity contribution in [2.45, 2.75) is 25.1 Å². The number of alkyl halides is 3. The minimum absolute atomic E-state index is 0.149. The first-order valence-corrected chi connectivity index (χ1v) is 7.76. The molecule has 9 heteroatoms. The number of ether oxygens (including phenoxy) is 2. The lowest BCUT2D eigenvalue weighted by atomic mass is 10.1. The molecule has 1 aliphatic rings. The summed E-state index contributed by atoms with van der Waals surface area (Å²) in [6, 6.07) is 2.67. The summed E-state index contributed by atoms with van der Waals surface area (Å²) in [5.41, 5.74) is -0.260. The van der Waals surface area contributed by atoms with Gasteiger partial charge in [-0.3, -0.25) is 0 Å². The van der Waals surface area contributed by atoms with Crippen LogP contribution in [0.4, 0.5) is 18.9 Å². The monoisotopic (exact) mass is 354 g/mol. The number of nitrogens with zero attached hydrogens (tertiary/aromatic N) is 4. The highest BCUT2D eigenvalue weighted by Crippen LogP contribution is 2.29. The van der Waals surface area contributed by atoms with Crippen LogP contribution in [0.2, 0.25) is 0 Å². The number of hydrogen-bond donors (Lipinski definition) is 0. The van der Waals surface area contributed by atoms with Gasteiger partial charge in [0.05, 0.1) is 37.9 Å². The number of piperidine rings is 1. The fourth-order valence-corrected chi connectivity index (χ4v) is 2.63. The number of halogens is 3. The van der Waals surface area contributed by atoms with Gasteiger partial charge >= 0.3 is 12.2 Å². The second-order valence-electron chi connectivity index (χ2n) is 5.63. The molecule has 0 spiro atoms. The summed E-state index contributed by atoms with van der Waals surface area (Å²) >= 11 is 0. The molecule has 134 valence electrons.